The molecule has 1 aliphatic carbocycles. The highest BCUT2D eigenvalue weighted by Crippen LogP contribution is 2.28. The summed E-state index contributed by atoms with van der Waals surface area (Å²) in [4.78, 5) is 17.6. The summed E-state index contributed by atoms with van der Waals surface area (Å²) < 4.78 is 2.51. The summed E-state index contributed by atoms with van der Waals surface area (Å²) in [6, 6.07) is 17.8. The predicted molar refractivity (Wildman–Crippen MR) is 89.6 cm³/mol. The molecule has 1 aromatic heterocycles. The Morgan fingerprint density at radius 1 is 0.960 bits per heavy atom. The Labute approximate surface area is 142 Å². The second-order valence-electron chi connectivity index (χ2n) is 5.61. The molecule has 0 fully saturated rings. The third-order valence-electron chi connectivity index (χ3n) is 3.96. The van der Waals surface area contributed by atoms with Crippen molar-refractivity contribution in [1.82, 2.24) is 14.5 Å². The van der Waals surface area contributed by atoms with Crippen LogP contribution in [0.2, 0.25) is 0 Å². The first kappa shape index (κ1) is 14.9. The lowest BCUT2D eigenvalue weighted by Crippen LogP contribution is -2.20. The molecule has 3 N–H and O–H groups in total. The van der Waals surface area contributed by atoms with Crippen molar-refractivity contribution in [1.29, 1.82) is 0 Å². The molecule has 0 unspecified atom stereocenters. The van der Waals surface area contributed by atoms with Gasteiger partial charge in [-0.05, 0) is 11.6 Å². The summed E-state index contributed by atoms with van der Waals surface area (Å²) in [6.07, 6.45) is 0. The number of nitrogens with zero attached hydrogens (tertiary/aromatic N) is 2. The monoisotopic (exact) mass is 337 g/mol. The van der Waals surface area contributed by atoms with E-state index in [2.05, 4.69) is 5.10 Å². The third-order valence-corrected chi connectivity index (χ3v) is 3.96. The van der Waals surface area contributed by atoms with Crippen LogP contribution in [0.3, 0.4) is 0 Å². The zero-order valence-corrected chi connectivity index (χ0v) is 13.1. The van der Waals surface area contributed by atoms with E-state index in [-0.39, 0.29) is 17.5 Å². The maximum atomic E-state index is 12.5. The Morgan fingerprint density at radius 2 is 1.68 bits per heavy atom. The maximum Gasteiger partial charge on any atom is 0.382 e. The molecule has 25 heavy (non-hydrogen) atoms. The molecule has 7 nitrogen and oxygen atoms in total. The molecule has 0 amide bonds. The predicted octanol–water partition coefficient (Wildman–Crippen LogP) is 2.45. The quantitative estimate of drug-likeness (QED) is 0.533. The minimum Gasteiger partial charge on any atom is -0.492 e. The Morgan fingerprint density at radius 3 is 2.40 bits per heavy atom. The van der Waals surface area contributed by atoms with E-state index in [0.29, 0.717) is 16.8 Å². The molecular formula is C18H15N3O4. The van der Waals surface area contributed by atoms with Gasteiger partial charge in [0.15, 0.2) is 5.69 Å². The van der Waals surface area contributed by atoms with E-state index in [4.69, 9.17) is 4.84 Å². The van der Waals surface area contributed by atoms with Crippen molar-refractivity contribution < 1.29 is 19.8 Å². The molecule has 4 rings (SSSR count). The topological polar surface area (TPSA) is 92.4 Å². The van der Waals surface area contributed by atoms with Crippen molar-refractivity contribution in [3.63, 3.8) is 0 Å². The molecule has 0 radical (unpaired) electrons. The standard InChI is InChI=1S/C18H15N3O4/c22-15-9-10-16(23)21(15)25-18(24)17-13-7-4-8-14(13)20(19-17)11-12-5-2-1-3-6-12/h1-10,19,22-23H,11H2. The fourth-order valence-corrected chi connectivity index (χ4v) is 2.78. The first-order chi connectivity index (χ1) is 12.1. The number of hydrogen-bond donors (Lipinski definition) is 3. The second-order valence-corrected chi connectivity index (χ2v) is 5.61. The van der Waals surface area contributed by atoms with E-state index >= 15 is 0 Å². The number of hydrogen-bond acceptors (Lipinski definition) is 4. The number of aromatic hydroxyl groups is 2. The molecule has 7 heteroatoms. The van der Waals surface area contributed by atoms with Crippen LogP contribution in [0.1, 0.15) is 16.1 Å². The number of benzene rings is 1. The first-order valence-corrected chi connectivity index (χ1v) is 7.67. The number of aromatic nitrogens is 3. The van der Waals surface area contributed by atoms with Crippen LogP contribution in [0, 0.1) is 0 Å². The third kappa shape index (κ3) is 2.61. The zero-order valence-electron chi connectivity index (χ0n) is 13.1. The van der Waals surface area contributed by atoms with Gasteiger partial charge in [-0.3, -0.25) is 9.78 Å². The molecular weight excluding hydrogens is 322 g/mol. The van der Waals surface area contributed by atoms with Gasteiger partial charge in [0, 0.05) is 17.7 Å². The lowest BCUT2D eigenvalue weighted by molar-refractivity contribution is 0.0375. The molecule has 2 aromatic rings. The summed E-state index contributed by atoms with van der Waals surface area (Å²) in [5, 5.41) is 22.3. The van der Waals surface area contributed by atoms with Crippen molar-refractivity contribution >= 4 is 5.97 Å². The van der Waals surface area contributed by atoms with Gasteiger partial charge in [-0.25, -0.2) is 4.79 Å². The fraction of sp³-hybridized carbons (Fsp3) is 0.0556. The average molecular weight is 337 g/mol. The van der Waals surface area contributed by atoms with E-state index in [1.54, 1.807) is 6.07 Å². The van der Waals surface area contributed by atoms with Gasteiger partial charge in [-0.2, -0.15) is 0 Å². The number of carbonyl (C=O) groups excluding carboxylic acids is 1. The van der Waals surface area contributed by atoms with Gasteiger partial charge in [-0.15, -0.1) is 4.73 Å². The van der Waals surface area contributed by atoms with Crippen molar-refractivity contribution in [2.24, 2.45) is 0 Å². The van der Waals surface area contributed by atoms with Crippen molar-refractivity contribution in [3.8, 4) is 23.0 Å². The van der Waals surface area contributed by atoms with Gasteiger partial charge >= 0.3 is 5.97 Å². The number of carbonyl (C=O) groups is 1. The molecule has 0 bridgehead atoms. The van der Waals surface area contributed by atoms with Crippen LogP contribution in [0.5, 0.6) is 11.8 Å². The highest BCUT2D eigenvalue weighted by molar-refractivity contribution is 5.96. The molecule has 1 aromatic carbocycles. The Balaban J connectivity index is 1.66. The SMILES string of the molecule is O=C(On1c(O)ccc1O)c1[nH]n(Cc2ccccc2)c2cccc1-2. The molecule has 0 saturated carbocycles. The molecule has 2 aliphatic rings. The minimum atomic E-state index is -0.718. The molecule has 0 spiro atoms. The zero-order chi connectivity index (χ0) is 17.4. The van der Waals surface area contributed by atoms with E-state index in [1.807, 2.05) is 47.1 Å². The van der Waals surface area contributed by atoms with Gasteiger partial charge in [0.1, 0.15) is 0 Å². The Hall–Kier alpha value is -3.61. The minimum absolute atomic E-state index is 0.239. The number of nitrogens with one attached hydrogen (secondary N) is 1. The number of aromatic amines is 1. The fourth-order valence-electron chi connectivity index (χ4n) is 2.78. The van der Waals surface area contributed by atoms with E-state index in [1.165, 1.54) is 12.1 Å². The summed E-state index contributed by atoms with van der Waals surface area (Å²) >= 11 is 0. The normalized spacial score (nSPS) is 11.0. The van der Waals surface area contributed by atoms with Crippen molar-refractivity contribution in [3.05, 3.63) is 71.9 Å². The van der Waals surface area contributed by atoms with Crippen LogP contribution in [0.25, 0.3) is 11.3 Å². The molecule has 2 heterocycles. The molecule has 1 aliphatic heterocycles. The van der Waals surface area contributed by atoms with E-state index < -0.39 is 5.97 Å². The number of rotatable bonds is 4. The Bertz CT molecular complexity index is 977. The van der Waals surface area contributed by atoms with Crippen molar-refractivity contribution in [2.45, 2.75) is 6.54 Å². The van der Waals surface area contributed by atoms with Gasteiger partial charge < -0.3 is 15.1 Å². The smallest absolute Gasteiger partial charge is 0.382 e. The average Bonchev–Trinajstić information content (AvgIpc) is 3.29. The van der Waals surface area contributed by atoms with E-state index in [9.17, 15) is 15.0 Å². The van der Waals surface area contributed by atoms with Crippen LogP contribution in [-0.4, -0.2) is 30.7 Å². The van der Waals surface area contributed by atoms with Crippen LogP contribution in [-0.2, 0) is 6.54 Å². The molecule has 0 atom stereocenters. The lowest BCUT2D eigenvalue weighted by atomic mass is 10.2. The summed E-state index contributed by atoms with van der Waals surface area (Å²) in [6.45, 7) is 0.564. The largest absolute Gasteiger partial charge is 0.492 e. The second kappa shape index (κ2) is 5.79. The lowest BCUT2D eigenvalue weighted by Gasteiger charge is -2.06. The summed E-state index contributed by atoms with van der Waals surface area (Å²) in [7, 11) is 0. The number of H-pyrrole nitrogens is 1. The van der Waals surface area contributed by atoms with Crippen molar-refractivity contribution in [2.75, 3.05) is 0 Å². The number of fused-ring (bicyclic) bond motifs is 1. The summed E-state index contributed by atoms with van der Waals surface area (Å²) in [5.74, 6) is -1.45. The first-order valence-electron chi connectivity index (χ1n) is 7.67. The van der Waals surface area contributed by atoms with Gasteiger partial charge in [-0.1, -0.05) is 42.5 Å². The van der Waals surface area contributed by atoms with Crippen LogP contribution in [0.4, 0.5) is 0 Å². The van der Waals surface area contributed by atoms with Crippen LogP contribution in [0.15, 0.2) is 60.7 Å². The van der Waals surface area contributed by atoms with Crippen LogP contribution < -0.4 is 4.84 Å². The van der Waals surface area contributed by atoms with Gasteiger partial charge in [0.2, 0.25) is 11.8 Å². The highest BCUT2D eigenvalue weighted by atomic mass is 16.7. The van der Waals surface area contributed by atoms with Gasteiger partial charge in [0.05, 0.1) is 12.2 Å². The highest BCUT2D eigenvalue weighted by Gasteiger charge is 2.24. The van der Waals surface area contributed by atoms with E-state index in [0.717, 1.165) is 11.3 Å². The Kier molecular flexibility index (Phi) is 3.46. The molecule has 0 saturated heterocycles. The molecule has 126 valence electrons. The summed E-state index contributed by atoms with van der Waals surface area (Å²) in [5.41, 5.74) is 2.88. The van der Waals surface area contributed by atoms with Crippen LogP contribution >= 0.6 is 0 Å². The maximum absolute atomic E-state index is 12.5. The van der Waals surface area contributed by atoms with Gasteiger partial charge in [0.25, 0.3) is 0 Å².